The Hall–Kier alpha value is -0.610. The summed E-state index contributed by atoms with van der Waals surface area (Å²) in [5, 5.41) is 3.10. The van der Waals surface area contributed by atoms with Crippen molar-refractivity contribution in [1.82, 2.24) is 5.32 Å². The van der Waals surface area contributed by atoms with Crippen molar-refractivity contribution in [3.05, 3.63) is 0 Å². The van der Waals surface area contributed by atoms with E-state index in [1.165, 1.54) is 0 Å². The van der Waals surface area contributed by atoms with Crippen LogP contribution in [0.2, 0.25) is 0 Å². The van der Waals surface area contributed by atoms with E-state index in [1.54, 1.807) is 0 Å². The number of rotatable bonds is 5. The third kappa shape index (κ3) is 3.69. The van der Waals surface area contributed by atoms with Gasteiger partial charge in [0.15, 0.2) is 0 Å². The van der Waals surface area contributed by atoms with Crippen LogP contribution in [0.15, 0.2) is 0 Å². The number of nitrogens with one attached hydrogen (secondary N) is 1. The summed E-state index contributed by atoms with van der Waals surface area (Å²) >= 11 is 0. The summed E-state index contributed by atoms with van der Waals surface area (Å²) in [6, 6.07) is 0. The molecule has 4 heteroatoms. The van der Waals surface area contributed by atoms with Gasteiger partial charge in [0.2, 0.25) is 5.91 Å². The molecule has 1 aliphatic carbocycles. The van der Waals surface area contributed by atoms with E-state index in [0.29, 0.717) is 12.5 Å². The van der Waals surface area contributed by atoms with Gasteiger partial charge in [0, 0.05) is 25.7 Å². The fraction of sp³-hybridized carbons (Fsp3) is 0.929. The Morgan fingerprint density at radius 1 is 1.22 bits per heavy atom. The molecule has 1 amide bonds. The minimum absolute atomic E-state index is 0.171. The number of amides is 1. The number of ether oxygens (including phenoxy) is 1. The summed E-state index contributed by atoms with van der Waals surface area (Å²) in [6.45, 7) is 3.24. The summed E-state index contributed by atoms with van der Waals surface area (Å²) in [5.74, 6) is 1.54. The molecule has 0 spiro atoms. The number of hydrogen-bond donors (Lipinski definition) is 2. The fourth-order valence-corrected chi connectivity index (χ4v) is 3.23. The first-order valence-corrected chi connectivity index (χ1v) is 7.36. The molecule has 0 radical (unpaired) electrons. The van der Waals surface area contributed by atoms with Crippen LogP contribution in [0.1, 0.15) is 38.5 Å². The van der Waals surface area contributed by atoms with Gasteiger partial charge in [-0.15, -0.1) is 0 Å². The van der Waals surface area contributed by atoms with Gasteiger partial charge in [-0.05, 0) is 50.5 Å². The zero-order chi connectivity index (χ0) is 12.8. The van der Waals surface area contributed by atoms with Crippen molar-refractivity contribution in [3.8, 4) is 0 Å². The monoisotopic (exact) mass is 254 g/mol. The van der Waals surface area contributed by atoms with Crippen LogP contribution < -0.4 is 11.1 Å². The van der Waals surface area contributed by atoms with Crippen LogP contribution in [0.3, 0.4) is 0 Å². The topological polar surface area (TPSA) is 64.4 Å². The van der Waals surface area contributed by atoms with Crippen molar-refractivity contribution in [2.45, 2.75) is 38.5 Å². The first-order valence-electron chi connectivity index (χ1n) is 7.36. The van der Waals surface area contributed by atoms with Crippen LogP contribution in [0.4, 0.5) is 0 Å². The lowest BCUT2D eigenvalue weighted by Crippen LogP contribution is -2.36. The van der Waals surface area contributed by atoms with Gasteiger partial charge in [-0.2, -0.15) is 0 Å². The summed E-state index contributed by atoms with van der Waals surface area (Å²) in [5.41, 5.74) is 5.71. The molecular formula is C14H26N2O2. The van der Waals surface area contributed by atoms with Gasteiger partial charge < -0.3 is 15.8 Å². The Balaban J connectivity index is 1.64. The highest BCUT2D eigenvalue weighted by Gasteiger charge is 2.31. The second-order valence-electron chi connectivity index (χ2n) is 5.67. The Kier molecular flexibility index (Phi) is 5.45. The van der Waals surface area contributed by atoms with Crippen LogP contribution in [0, 0.1) is 17.8 Å². The maximum absolute atomic E-state index is 12.1. The smallest absolute Gasteiger partial charge is 0.223 e. The van der Waals surface area contributed by atoms with Gasteiger partial charge in [-0.1, -0.05) is 6.42 Å². The summed E-state index contributed by atoms with van der Waals surface area (Å²) in [6.07, 6.45) is 6.67. The molecule has 1 saturated carbocycles. The molecule has 0 aromatic carbocycles. The predicted molar refractivity (Wildman–Crippen MR) is 71.1 cm³/mol. The van der Waals surface area contributed by atoms with E-state index in [1.807, 2.05) is 0 Å². The van der Waals surface area contributed by atoms with Crippen LogP contribution in [0.25, 0.3) is 0 Å². The second-order valence-corrected chi connectivity index (χ2v) is 5.67. The SMILES string of the molecule is NC[C@H]1CCC[C@H]1C(=O)NCCC1CCOCC1. The third-order valence-corrected chi connectivity index (χ3v) is 4.49. The molecule has 2 fully saturated rings. The van der Waals surface area contributed by atoms with E-state index < -0.39 is 0 Å². The normalized spacial score (nSPS) is 29.4. The van der Waals surface area contributed by atoms with Crippen molar-refractivity contribution in [2.24, 2.45) is 23.5 Å². The Bertz CT molecular complexity index is 265. The Morgan fingerprint density at radius 2 is 2.00 bits per heavy atom. The molecule has 1 aliphatic heterocycles. The fourth-order valence-electron chi connectivity index (χ4n) is 3.23. The molecular weight excluding hydrogens is 228 g/mol. The average molecular weight is 254 g/mol. The van der Waals surface area contributed by atoms with Crippen LogP contribution in [0.5, 0.6) is 0 Å². The first-order chi connectivity index (χ1) is 8.81. The molecule has 4 nitrogen and oxygen atoms in total. The van der Waals surface area contributed by atoms with Gasteiger partial charge in [0.1, 0.15) is 0 Å². The first kappa shape index (κ1) is 13.8. The lowest BCUT2D eigenvalue weighted by molar-refractivity contribution is -0.126. The minimum atomic E-state index is 0.171. The van der Waals surface area contributed by atoms with Gasteiger partial charge in [0.05, 0.1) is 0 Å². The minimum Gasteiger partial charge on any atom is -0.381 e. The zero-order valence-corrected chi connectivity index (χ0v) is 11.2. The Morgan fingerprint density at radius 3 is 2.72 bits per heavy atom. The average Bonchev–Trinajstić information content (AvgIpc) is 2.88. The van der Waals surface area contributed by atoms with E-state index in [2.05, 4.69) is 5.32 Å². The molecule has 0 bridgehead atoms. The van der Waals surface area contributed by atoms with E-state index >= 15 is 0 Å². The number of hydrogen-bond acceptors (Lipinski definition) is 3. The summed E-state index contributed by atoms with van der Waals surface area (Å²) in [4.78, 5) is 12.1. The number of carbonyl (C=O) groups is 1. The standard InChI is InChI=1S/C14H26N2O2/c15-10-12-2-1-3-13(12)14(17)16-7-4-11-5-8-18-9-6-11/h11-13H,1-10,15H2,(H,16,17)/t12-,13-/m1/s1. The van der Waals surface area contributed by atoms with E-state index in [4.69, 9.17) is 10.5 Å². The van der Waals surface area contributed by atoms with Crippen molar-refractivity contribution in [3.63, 3.8) is 0 Å². The summed E-state index contributed by atoms with van der Waals surface area (Å²) < 4.78 is 5.34. The van der Waals surface area contributed by atoms with E-state index in [0.717, 1.165) is 64.2 Å². The molecule has 2 atom stereocenters. The largest absolute Gasteiger partial charge is 0.381 e. The zero-order valence-electron chi connectivity index (χ0n) is 11.2. The van der Waals surface area contributed by atoms with Gasteiger partial charge in [-0.25, -0.2) is 0 Å². The van der Waals surface area contributed by atoms with Gasteiger partial charge in [-0.3, -0.25) is 4.79 Å². The van der Waals surface area contributed by atoms with Crippen LogP contribution in [-0.4, -0.2) is 32.2 Å². The number of nitrogens with two attached hydrogens (primary N) is 1. The quantitative estimate of drug-likeness (QED) is 0.777. The highest BCUT2D eigenvalue weighted by atomic mass is 16.5. The highest BCUT2D eigenvalue weighted by molar-refractivity contribution is 5.79. The lowest BCUT2D eigenvalue weighted by atomic mass is 9.94. The van der Waals surface area contributed by atoms with Crippen molar-refractivity contribution >= 4 is 5.91 Å². The van der Waals surface area contributed by atoms with Crippen molar-refractivity contribution in [2.75, 3.05) is 26.3 Å². The van der Waals surface area contributed by atoms with Gasteiger partial charge in [0.25, 0.3) is 0 Å². The lowest BCUT2D eigenvalue weighted by Gasteiger charge is -2.23. The van der Waals surface area contributed by atoms with E-state index in [-0.39, 0.29) is 11.8 Å². The molecule has 1 saturated heterocycles. The van der Waals surface area contributed by atoms with Crippen LogP contribution in [-0.2, 0) is 9.53 Å². The maximum Gasteiger partial charge on any atom is 0.223 e. The van der Waals surface area contributed by atoms with Crippen LogP contribution >= 0.6 is 0 Å². The second kappa shape index (κ2) is 7.10. The molecule has 0 aromatic rings. The molecule has 1 heterocycles. The third-order valence-electron chi connectivity index (χ3n) is 4.49. The van der Waals surface area contributed by atoms with Crippen molar-refractivity contribution in [1.29, 1.82) is 0 Å². The molecule has 3 N–H and O–H groups in total. The summed E-state index contributed by atoms with van der Waals surface area (Å²) in [7, 11) is 0. The van der Waals surface area contributed by atoms with Gasteiger partial charge >= 0.3 is 0 Å². The molecule has 2 aliphatic rings. The molecule has 0 unspecified atom stereocenters. The highest BCUT2D eigenvalue weighted by Crippen LogP contribution is 2.31. The van der Waals surface area contributed by atoms with Crippen molar-refractivity contribution < 1.29 is 9.53 Å². The molecule has 104 valence electrons. The number of carbonyl (C=O) groups excluding carboxylic acids is 1. The predicted octanol–water partition coefficient (Wildman–Crippen LogP) is 1.29. The molecule has 0 aromatic heterocycles. The maximum atomic E-state index is 12.1. The van der Waals surface area contributed by atoms with E-state index in [9.17, 15) is 4.79 Å². The Labute approximate surface area is 110 Å². The molecule has 18 heavy (non-hydrogen) atoms. The molecule has 2 rings (SSSR count).